The third-order valence-corrected chi connectivity index (χ3v) is 3.73. The summed E-state index contributed by atoms with van der Waals surface area (Å²) in [7, 11) is 2.72. The topological polar surface area (TPSA) is 109 Å². The van der Waals surface area contributed by atoms with Crippen molar-refractivity contribution in [1.82, 2.24) is 9.97 Å². The normalized spacial score (nSPS) is 10.8. The number of carbonyl (C=O) groups excluding carboxylic acids is 1. The molecule has 0 fully saturated rings. The Morgan fingerprint density at radius 2 is 1.79 bits per heavy atom. The number of halogens is 2. The highest BCUT2D eigenvalue weighted by Crippen LogP contribution is 2.41. The summed E-state index contributed by atoms with van der Waals surface area (Å²) in [6.45, 7) is -3.03. The van der Waals surface area contributed by atoms with Crippen molar-refractivity contribution in [2.45, 2.75) is 6.61 Å². The van der Waals surface area contributed by atoms with Crippen molar-refractivity contribution in [1.29, 1.82) is 0 Å². The first-order valence-electron chi connectivity index (χ1n) is 7.97. The molecule has 1 heterocycles. The average Bonchev–Trinajstić information content (AvgIpc) is 2.66. The van der Waals surface area contributed by atoms with Gasteiger partial charge in [-0.15, -0.1) is 0 Å². The third-order valence-electron chi connectivity index (χ3n) is 3.73. The van der Waals surface area contributed by atoms with Gasteiger partial charge in [0.2, 0.25) is 0 Å². The number of hydrogen-bond donors (Lipinski definition) is 2. The molecule has 0 aliphatic heterocycles. The van der Waals surface area contributed by atoms with Gasteiger partial charge < -0.3 is 25.3 Å². The first-order chi connectivity index (χ1) is 13.4. The molecule has 0 unspecified atom stereocenters. The van der Waals surface area contributed by atoms with Gasteiger partial charge in [0.1, 0.15) is 5.75 Å². The standard InChI is InChI=1S/C18H16F2N4O4/c1-26-13-8-9(28-18(19)20)7-12(15(13)27-2)24-17-14(16(21)25)22-10-5-3-4-6-11(10)23-17/h3-8,18H,1-2H3,(H2,21,25)(H,23,24). The molecule has 0 saturated carbocycles. The minimum atomic E-state index is -3.03. The Hall–Kier alpha value is -3.69. The summed E-state index contributed by atoms with van der Waals surface area (Å²) in [6, 6.07) is 9.39. The van der Waals surface area contributed by atoms with Crippen LogP contribution in [-0.2, 0) is 0 Å². The molecule has 0 aliphatic carbocycles. The molecule has 0 radical (unpaired) electrons. The number of hydrogen-bond acceptors (Lipinski definition) is 7. The van der Waals surface area contributed by atoms with E-state index in [0.29, 0.717) is 11.0 Å². The zero-order chi connectivity index (χ0) is 20.3. The molecule has 3 rings (SSSR count). The van der Waals surface area contributed by atoms with E-state index in [1.54, 1.807) is 24.3 Å². The average molecular weight is 390 g/mol. The molecule has 3 aromatic rings. The number of aromatic nitrogens is 2. The fourth-order valence-corrected chi connectivity index (χ4v) is 2.59. The quantitative estimate of drug-likeness (QED) is 0.638. The third kappa shape index (κ3) is 3.85. The molecule has 0 bridgehead atoms. The van der Waals surface area contributed by atoms with E-state index in [4.69, 9.17) is 15.2 Å². The Labute approximate surface area is 158 Å². The fourth-order valence-electron chi connectivity index (χ4n) is 2.59. The first-order valence-corrected chi connectivity index (χ1v) is 7.97. The number of primary amides is 1. The molecule has 3 N–H and O–H groups in total. The maximum Gasteiger partial charge on any atom is 0.387 e. The molecule has 10 heteroatoms. The molecule has 146 valence electrons. The number of fused-ring (bicyclic) bond motifs is 1. The predicted molar refractivity (Wildman–Crippen MR) is 97.5 cm³/mol. The van der Waals surface area contributed by atoms with Gasteiger partial charge in [-0.2, -0.15) is 8.78 Å². The van der Waals surface area contributed by atoms with Gasteiger partial charge in [0.05, 0.1) is 30.9 Å². The van der Waals surface area contributed by atoms with Gasteiger partial charge in [-0.05, 0) is 12.1 Å². The molecule has 2 aromatic carbocycles. The van der Waals surface area contributed by atoms with E-state index in [-0.39, 0.29) is 34.4 Å². The zero-order valence-corrected chi connectivity index (χ0v) is 14.9. The first kappa shape index (κ1) is 19.1. The highest BCUT2D eigenvalue weighted by molar-refractivity contribution is 5.98. The fraction of sp³-hybridized carbons (Fsp3) is 0.167. The highest BCUT2D eigenvalue weighted by atomic mass is 19.3. The van der Waals surface area contributed by atoms with Crippen molar-refractivity contribution in [3.8, 4) is 17.2 Å². The van der Waals surface area contributed by atoms with Crippen molar-refractivity contribution in [3.63, 3.8) is 0 Å². The Bertz CT molecular complexity index is 1030. The second-order valence-corrected chi connectivity index (χ2v) is 5.48. The van der Waals surface area contributed by atoms with Gasteiger partial charge in [0, 0.05) is 12.1 Å². The van der Waals surface area contributed by atoms with E-state index >= 15 is 0 Å². The molecule has 1 aromatic heterocycles. The van der Waals surface area contributed by atoms with E-state index < -0.39 is 12.5 Å². The van der Waals surface area contributed by atoms with E-state index in [1.807, 2.05) is 0 Å². The highest BCUT2D eigenvalue weighted by Gasteiger charge is 2.19. The van der Waals surface area contributed by atoms with E-state index in [0.717, 1.165) is 0 Å². The molecule has 0 aliphatic rings. The molecule has 1 amide bonds. The van der Waals surface area contributed by atoms with Gasteiger partial charge in [0.25, 0.3) is 5.91 Å². The minimum absolute atomic E-state index is 0.0285. The monoisotopic (exact) mass is 390 g/mol. The molecule has 0 spiro atoms. The molecule has 28 heavy (non-hydrogen) atoms. The number of anilines is 2. The smallest absolute Gasteiger partial charge is 0.387 e. The van der Waals surface area contributed by atoms with Gasteiger partial charge in [0.15, 0.2) is 23.0 Å². The van der Waals surface area contributed by atoms with Crippen LogP contribution in [0.4, 0.5) is 20.3 Å². The SMILES string of the molecule is COc1cc(OC(F)F)cc(Nc2nc3ccccc3nc2C(N)=O)c1OC. The second kappa shape index (κ2) is 7.91. The Kier molecular flexibility index (Phi) is 5.39. The van der Waals surface area contributed by atoms with Crippen molar-refractivity contribution in [2.24, 2.45) is 5.73 Å². The van der Waals surface area contributed by atoms with Crippen LogP contribution >= 0.6 is 0 Å². The van der Waals surface area contributed by atoms with Gasteiger partial charge >= 0.3 is 6.61 Å². The van der Waals surface area contributed by atoms with Crippen molar-refractivity contribution >= 4 is 28.4 Å². The number of carbonyl (C=O) groups is 1. The van der Waals surface area contributed by atoms with Crippen LogP contribution < -0.4 is 25.3 Å². The number of nitrogens with zero attached hydrogens (tertiary/aromatic N) is 2. The summed E-state index contributed by atoms with van der Waals surface area (Å²) in [6.07, 6.45) is 0. The van der Waals surface area contributed by atoms with Gasteiger partial charge in [-0.25, -0.2) is 9.97 Å². The lowest BCUT2D eigenvalue weighted by Gasteiger charge is -2.17. The summed E-state index contributed by atoms with van der Waals surface area (Å²) in [5.41, 5.74) is 6.44. The van der Waals surface area contributed by atoms with Crippen LogP contribution in [0.5, 0.6) is 17.2 Å². The van der Waals surface area contributed by atoms with Crippen molar-refractivity contribution in [2.75, 3.05) is 19.5 Å². The van der Waals surface area contributed by atoms with Crippen LogP contribution in [0.2, 0.25) is 0 Å². The van der Waals surface area contributed by atoms with Crippen LogP contribution in [0.1, 0.15) is 10.5 Å². The molecular formula is C18H16F2N4O4. The van der Waals surface area contributed by atoms with Crippen LogP contribution in [0.25, 0.3) is 11.0 Å². The minimum Gasteiger partial charge on any atom is -0.493 e. The number of para-hydroxylation sites is 2. The van der Waals surface area contributed by atoms with E-state index in [1.165, 1.54) is 26.4 Å². The Balaban J connectivity index is 2.14. The van der Waals surface area contributed by atoms with Gasteiger partial charge in [-0.1, -0.05) is 12.1 Å². The summed E-state index contributed by atoms with van der Waals surface area (Å²) in [5.74, 6) is -0.635. The van der Waals surface area contributed by atoms with Crippen LogP contribution in [0, 0.1) is 0 Å². The van der Waals surface area contributed by atoms with Crippen molar-refractivity contribution < 1.29 is 27.8 Å². The number of ether oxygens (including phenoxy) is 3. The summed E-state index contributed by atoms with van der Waals surface area (Å²) in [5, 5.41) is 2.85. The molecule has 0 saturated heterocycles. The number of benzene rings is 2. The number of nitrogens with two attached hydrogens (primary N) is 1. The van der Waals surface area contributed by atoms with Crippen LogP contribution in [0.3, 0.4) is 0 Å². The van der Waals surface area contributed by atoms with Gasteiger partial charge in [-0.3, -0.25) is 4.79 Å². The number of rotatable bonds is 7. The van der Waals surface area contributed by atoms with Crippen molar-refractivity contribution in [3.05, 3.63) is 42.1 Å². The summed E-state index contributed by atoms with van der Waals surface area (Å²) < 4.78 is 40.2. The largest absolute Gasteiger partial charge is 0.493 e. The number of nitrogens with one attached hydrogen (secondary N) is 1. The number of alkyl halides is 2. The summed E-state index contributed by atoms with van der Waals surface area (Å²) >= 11 is 0. The predicted octanol–water partition coefficient (Wildman–Crippen LogP) is 3.09. The maximum atomic E-state index is 12.6. The van der Waals surface area contributed by atoms with Crippen LogP contribution in [-0.4, -0.2) is 36.7 Å². The molecule has 0 atom stereocenters. The summed E-state index contributed by atoms with van der Waals surface area (Å²) in [4.78, 5) is 20.4. The van der Waals surface area contributed by atoms with E-state index in [2.05, 4.69) is 20.0 Å². The van der Waals surface area contributed by atoms with Crippen LogP contribution in [0.15, 0.2) is 36.4 Å². The number of methoxy groups -OCH3 is 2. The zero-order valence-electron chi connectivity index (χ0n) is 14.9. The lowest BCUT2D eigenvalue weighted by molar-refractivity contribution is -0.0499. The van der Waals surface area contributed by atoms with E-state index in [9.17, 15) is 13.6 Å². The molecule has 8 nitrogen and oxygen atoms in total. The Morgan fingerprint density at radius 1 is 1.11 bits per heavy atom. The number of amides is 1. The second-order valence-electron chi connectivity index (χ2n) is 5.48. The Morgan fingerprint density at radius 3 is 2.36 bits per heavy atom. The molecular weight excluding hydrogens is 374 g/mol. The lowest BCUT2D eigenvalue weighted by atomic mass is 10.2. The lowest BCUT2D eigenvalue weighted by Crippen LogP contribution is -2.17. The maximum absolute atomic E-state index is 12.6.